The summed E-state index contributed by atoms with van der Waals surface area (Å²) >= 11 is 0. The minimum absolute atomic E-state index is 0.0245. The van der Waals surface area contributed by atoms with Crippen molar-refractivity contribution >= 4 is 18.0 Å². The van der Waals surface area contributed by atoms with Crippen LogP contribution in [0.1, 0.15) is 39.0 Å². The Morgan fingerprint density at radius 3 is 2.67 bits per heavy atom. The Hall–Kier alpha value is -1.48. The Balaban J connectivity index is 3.49. The largest absolute Gasteiger partial charge is 0.466 e. The van der Waals surface area contributed by atoms with Gasteiger partial charge in [0.05, 0.1) is 13.0 Å². The number of unbranched alkanes of at least 4 members (excludes halogenated alkanes) is 2. The number of nitrogens with zero attached hydrogens (tertiary/aromatic N) is 2. The van der Waals surface area contributed by atoms with E-state index in [1.165, 1.54) is 0 Å². The molecule has 0 aromatic carbocycles. The van der Waals surface area contributed by atoms with Crippen LogP contribution < -0.4 is 0 Å². The minimum Gasteiger partial charge on any atom is -0.466 e. The maximum absolute atomic E-state index is 11.0. The van der Waals surface area contributed by atoms with Gasteiger partial charge in [0.25, 0.3) is 0 Å². The normalized spacial score (nSPS) is 9.13. The second-order valence-electron chi connectivity index (χ2n) is 3.14. The second-order valence-corrected chi connectivity index (χ2v) is 3.14. The van der Waals surface area contributed by atoms with Crippen molar-refractivity contribution in [2.45, 2.75) is 39.0 Å². The van der Waals surface area contributed by atoms with Crippen molar-refractivity contribution in [3.63, 3.8) is 0 Å². The first-order valence-electron chi connectivity index (χ1n) is 5.06. The van der Waals surface area contributed by atoms with E-state index in [9.17, 15) is 9.59 Å². The maximum atomic E-state index is 11.0. The molecular weight excluding hydrogens is 196 g/mol. The molecule has 0 saturated carbocycles. The Labute approximate surface area is 89.0 Å². The van der Waals surface area contributed by atoms with E-state index in [1.807, 2.05) is 0 Å². The first-order chi connectivity index (χ1) is 7.20. The second kappa shape index (κ2) is 9.09. The lowest BCUT2D eigenvalue weighted by Crippen LogP contribution is -2.09. The molecule has 0 atom stereocenters. The standard InChI is InChI=1S/C10H16N2O3/c1-2-3-4-7-15-10(14)6-5-9(13)8-12-11/h8H,2-7H2,1H3. The van der Waals surface area contributed by atoms with Crippen molar-refractivity contribution in [1.29, 1.82) is 0 Å². The molecule has 0 aliphatic heterocycles. The molecule has 84 valence electrons. The van der Waals surface area contributed by atoms with Crippen LogP contribution in [0.3, 0.4) is 0 Å². The number of esters is 1. The average molecular weight is 212 g/mol. The van der Waals surface area contributed by atoms with Crippen LogP contribution in [0.2, 0.25) is 0 Å². The van der Waals surface area contributed by atoms with Crippen molar-refractivity contribution in [3.8, 4) is 0 Å². The van der Waals surface area contributed by atoms with Crippen molar-refractivity contribution in [2.75, 3.05) is 6.61 Å². The van der Waals surface area contributed by atoms with Gasteiger partial charge in [-0.3, -0.25) is 9.59 Å². The SMILES string of the molecule is CCCCCOC(=O)CCC(=O)C=[N+]=[N-]. The number of carbonyl (C=O) groups is 2. The predicted octanol–water partition coefficient (Wildman–Crippen LogP) is 1.37. The summed E-state index contributed by atoms with van der Waals surface area (Å²) < 4.78 is 4.87. The van der Waals surface area contributed by atoms with E-state index in [-0.39, 0.29) is 24.6 Å². The number of ketones is 1. The fraction of sp³-hybridized carbons (Fsp3) is 0.700. The molecule has 5 nitrogen and oxygen atoms in total. The molecule has 0 amide bonds. The molecule has 5 heteroatoms. The van der Waals surface area contributed by atoms with Crippen LogP contribution in [0.15, 0.2) is 0 Å². The lowest BCUT2D eigenvalue weighted by atomic mass is 10.2. The van der Waals surface area contributed by atoms with Crippen LogP contribution in [0.4, 0.5) is 0 Å². The number of ether oxygens (including phenoxy) is 1. The molecule has 0 bridgehead atoms. The first kappa shape index (κ1) is 13.5. The van der Waals surface area contributed by atoms with Crippen LogP contribution in [0.5, 0.6) is 0 Å². The van der Waals surface area contributed by atoms with Gasteiger partial charge in [-0.2, -0.15) is 4.79 Å². The maximum Gasteiger partial charge on any atom is 0.323 e. The number of carbonyl (C=O) groups excluding carboxylic acids is 2. The van der Waals surface area contributed by atoms with Crippen LogP contribution in [0, 0.1) is 0 Å². The first-order valence-corrected chi connectivity index (χ1v) is 5.06. The zero-order valence-electron chi connectivity index (χ0n) is 8.94. The van der Waals surface area contributed by atoms with E-state index in [0.717, 1.165) is 25.5 Å². The molecule has 0 aliphatic carbocycles. The van der Waals surface area contributed by atoms with Gasteiger partial charge in [0.2, 0.25) is 5.78 Å². The quantitative estimate of drug-likeness (QED) is 0.200. The highest BCUT2D eigenvalue weighted by atomic mass is 16.5. The summed E-state index contributed by atoms with van der Waals surface area (Å²) in [6, 6.07) is 0. The molecule has 15 heavy (non-hydrogen) atoms. The molecule has 0 aliphatic rings. The Morgan fingerprint density at radius 1 is 1.33 bits per heavy atom. The third-order valence-corrected chi connectivity index (χ3v) is 1.79. The van der Waals surface area contributed by atoms with Crippen LogP contribution >= 0.6 is 0 Å². The summed E-state index contributed by atoms with van der Waals surface area (Å²) in [5.41, 5.74) is 8.03. The topological polar surface area (TPSA) is 79.8 Å². The van der Waals surface area contributed by atoms with Crippen molar-refractivity contribution in [1.82, 2.24) is 0 Å². The zero-order valence-corrected chi connectivity index (χ0v) is 8.94. The third kappa shape index (κ3) is 8.84. The third-order valence-electron chi connectivity index (χ3n) is 1.79. The number of hydrogen-bond acceptors (Lipinski definition) is 3. The molecule has 0 aromatic rings. The number of Topliss-reactive ketones (excluding diaryl/α,β-unsaturated/α-hetero) is 1. The van der Waals surface area contributed by atoms with E-state index in [0.29, 0.717) is 6.61 Å². The number of rotatable bonds is 8. The zero-order chi connectivity index (χ0) is 11.5. The molecular formula is C10H16N2O3. The van der Waals surface area contributed by atoms with E-state index in [2.05, 4.69) is 11.7 Å². The predicted molar refractivity (Wildman–Crippen MR) is 54.4 cm³/mol. The number of hydrogen-bond donors (Lipinski definition) is 0. The monoisotopic (exact) mass is 212 g/mol. The fourth-order valence-corrected chi connectivity index (χ4v) is 0.964. The van der Waals surface area contributed by atoms with E-state index in [4.69, 9.17) is 10.3 Å². The molecule has 0 rings (SSSR count). The molecule has 0 fully saturated rings. The highest BCUT2D eigenvalue weighted by Crippen LogP contribution is 1.97. The van der Waals surface area contributed by atoms with Gasteiger partial charge < -0.3 is 10.3 Å². The summed E-state index contributed by atoms with van der Waals surface area (Å²) in [6.45, 7) is 2.48. The molecule has 0 unspecified atom stereocenters. The minimum atomic E-state index is -0.386. The lowest BCUT2D eigenvalue weighted by molar-refractivity contribution is -0.144. The summed E-state index contributed by atoms with van der Waals surface area (Å²) in [6.07, 6.45) is 3.80. The van der Waals surface area contributed by atoms with Crippen molar-refractivity contribution < 1.29 is 19.1 Å². The Bertz CT molecular complexity index is 257. The summed E-state index contributed by atoms with van der Waals surface area (Å²) in [5, 5.41) is 0. The Morgan fingerprint density at radius 2 is 2.07 bits per heavy atom. The molecule has 0 aromatic heterocycles. The van der Waals surface area contributed by atoms with Gasteiger partial charge >= 0.3 is 12.2 Å². The van der Waals surface area contributed by atoms with Gasteiger partial charge in [0, 0.05) is 6.42 Å². The summed E-state index contributed by atoms with van der Waals surface area (Å²) in [4.78, 5) is 24.4. The highest BCUT2D eigenvalue weighted by Gasteiger charge is 2.08. The van der Waals surface area contributed by atoms with Crippen LogP contribution in [-0.2, 0) is 14.3 Å². The molecule has 0 N–H and O–H groups in total. The van der Waals surface area contributed by atoms with Crippen LogP contribution in [0.25, 0.3) is 5.53 Å². The highest BCUT2D eigenvalue weighted by molar-refractivity contribution is 6.25. The molecule has 0 heterocycles. The van der Waals surface area contributed by atoms with Gasteiger partial charge in [-0.1, -0.05) is 19.8 Å². The molecule has 0 spiro atoms. The summed E-state index contributed by atoms with van der Waals surface area (Å²) in [5.74, 6) is -0.770. The van der Waals surface area contributed by atoms with Crippen molar-refractivity contribution in [3.05, 3.63) is 5.53 Å². The van der Waals surface area contributed by atoms with Gasteiger partial charge in [-0.15, -0.1) is 0 Å². The fourth-order valence-electron chi connectivity index (χ4n) is 0.964. The molecule has 0 radical (unpaired) electrons. The Kier molecular flexibility index (Phi) is 8.19. The van der Waals surface area contributed by atoms with Crippen molar-refractivity contribution in [2.24, 2.45) is 0 Å². The average Bonchev–Trinajstić information content (AvgIpc) is 2.22. The van der Waals surface area contributed by atoms with E-state index < -0.39 is 0 Å². The summed E-state index contributed by atoms with van der Waals surface area (Å²) in [7, 11) is 0. The van der Waals surface area contributed by atoms with Gasteiger partial charge in [0.15, 0.2) is 0 Å². The lowest BCUT2D eigenvalue weighted by Gasteiger charge is -2.02. The molecule has 0 saturated heterocycles. The smallest absolute Gasteiger partial charge is 0.323 e. The van der Waals surface area contributed by atoms with Gasteiger partial charge in [0.1, 0.15) is 0 Å². The van der Waals surface area contributed by atoms with E-state index >= 15 is 0 Å². The van der Waals surface area contributed by atoms with E-state index in [1.54, 1.807) is 0 Å². The van der Waals surface area contributed by atoms with Gasteiger partial charge in [-0.05, 0) is 6.42 Å². The van der Waals surface area contributed by atoms with Crippen LogP contribution in [-0.4, -0.2) is 29.4 Å². The van der Waals surface area contributed by atoms with Gasteiger partial charge in [-0.25, -0.2) is 0 Å².